The Morgan fingerprint density at radius 2 is 1.92 bits per heavy atom. The van der Waals surface area contributed by atoms with Crippen molar-refractivity contribution in [2.75, 3.05) is 20.3 Å². The van der Waals surface area contributed by atoms with Gasteiger partial charge in [-0.3, -0.25) is 0 Å². The van der Waals surface area contributed by atoms with E-state index in [0.717, 1.165) is 57.5 Å². The lowest BCUT2D eigenvalue weighted by atomic mass is 9.59. The van der Waals surface area contributed by atoms with Gasteiger partial charge in [0.2, 0.25) is 0 Å². The molecule has 1 spiro atoms. The van der Waals surface area contributed by atoms with E-state index in [1.165, 1.54) is 16.7 Å². The average molecular weight is 338 g/mol. The number of aryl methyl sites for hydroxylation is 1. The van der Waals surface area contributed by atoms with Crippen LogP contribution in [-0.4, -0.2) is 26.1 Å². The molecule has 1 aliphatic heterocycles. The van der Waals surface area contributed by atoms with Crippen molar-refractivity contribution in [1.29, 1.82) is 0 Å². The van der Waals surface area contributed by atoms with E-state index in [1.54, 1.807) is 18.3 Å². The highest BCUT2D eigenvalue weighted by atomic mass is 16.7. The summed E-state index contributed by atoms with van der Waals surface area (Å²) in [6.45, 7) is 3.93. The Bertz CT molecular complexity index is 782. The van der Waals surface area contributed by atoms with E-state index in [2.05, 4.69) is 31.2 Å². The molecule has 0 radical (unpaired) electrons. The van der Waals surface area contributed by atoms with Crippen LogP contribution in [0, 0.1) is 5.41 Å². The first-order valence-electron chi connectivity index (χ1n) is 9.51. The minimum Gasteiger partial charge on any atom is -0.497 e. The molecule has 1 aromatic carbocycles. The van der Waals surface area contributed by atoms with Crippen molar-refractivity contribution >= 4 is 5.57 Å². The monoisotopic (exact) mass is 338 g/mol. The summed E-state index contributed by atoms with van der Waals surface area (Å²) in [5, 5.41) is 0. The molecule has 0 N–H and O–H groups in total. The lowest BCUT2D eigenvalue weighted by molar-refractivity contribution is -0.174. The van der Waals surface area contributed by atoms with Crippen molar-refractivity contribution in [2.45, 2.75) is 51.2 Å². The lowest BCUT2D eigenvalue weighted by Gasteiger charge is -2.49. The third kappa shape index (κ3) is 2.25. The Kier molecular flexibility index (Phi) is 3.42. The molecule has 3 heteroatoms. The topological polar surface area (TPSA) is 27.7 Å². The normalized spacial score (nSPS) is 29.8. The first kappa shape index (κ1) is 15.7. The maximum absolute atomic E-state index is 6.00. The summed E-state index contributed by atoms with van der Waals surface area (Å²) in [7, 11) is 1.75. The van der Waals surface area contributed by atoms with Gasteiger partial charge in [0.15, 0.2) is 5.79 Å². The zero-order valence-electron chi connectivity index (χ0n) is 15.2. The van der Waals surface area contributed by atoms with Crippen LogP contribution in [0.3, 0.4) is 0 Å². The van der Waals surface area contributed by atoms with Gasteiger partial charge in [0.25, 0.3) is 0 Å². The SMILES string of the molecule is COc1ccc2c(c1)CCC1=C2CC=C2CC3(CC[C@@]21C)OCCO3. The second kappa shape index (κ2) is 5.46. The van der Waals surface area contributed by atoms with Gasteiger partial charge in [-0.25, -0.2) is 0 Å². The van der Waals surface area contributed by atoms with Crippen molar-refractivity contribution in [3.63, 3.8) is 0 Å². The second-order valence-electron chi connectivity index (χ2n) is 8.03. The summed E-state index contributed by atoms with van der Waals surface area (Å²) < 4.78 is 17.4. The number of methoxy groups -OCH3 is 1. The molecule has 2 fully saturated rings. The zero-order chi connectivity index (χ0) is 17.1. The van der Waals surface area contributed by atoms with Crippen LogP contribution < -0.4 is 4.74 Å². The van der Waals surface area contributed by atoms with Gasteiger partial charge in [0.05, 0.1) is 20.3 Å². The number of hydrogen-bond acceptors (Lipinski definition) is 3. The third-order valence-electron chi connectivity index (χ3n) is 6.85. The van der Waals surface area contributed by atoms with Crippen molar-refractivity contribution in [2.24, 2.45) is 5.41 Å². The Hall–Kier alpha value is -1.58. The highest BCUT2D eigenvalue weighted by Gasteiger charge is 2.50. The molecule has 5 rings (SSSR count). The lowest BCUT2D eigenvalue weighted by Crippen LogP contribution is -2.42. The molecule has 0 aromatic heterocycles. The summed E-state index contributed by atoms with van der Waals surface area (Å²) in [5.41, 5.74) is 7.82. The van der Waals surface area contributed by atoms with Gasteiger partial charge in [-0.1, -0.05) is 30.2 Å². The summed E-state index contributed by atoms with van der Waals surface area (Å²) in [4.78, 5) is 0. The minimum absolute atomic E-state index is 0.186. The molecule has 0 bridgehead atoms. The molecule has 4 aliphatic rings. The van der Waals surface area contributed by atoms with E-state index in [9.17, 15) is 0 Å². The number of rotatable bonds is 1. The van der Waals surface area contributed by atoms with E-state index in [1.807, 2.05) is 0 Å². The van der Waals surface area contributed by atoms with Crippen LogP contribution in [-0.2, 0) is 15.9 Å². The van der Waals surface area contributed by atoms with Crippen LogP contribution in [0.25, 0.3) is 5.57 Å². The first-order valence-corrected chi connectivity index (χ1v) is 9.51. The second-order valence-corrected chi connectivity index (χ2v) is 8.03. The van der Waals surface area contributed by atoms with Crippen molar-refractivity contribution in [1.82, 2.24) is 0 Å². The van der Waals surface area contributed by atoms with Crippen molar-refractivity contribution < 1.29 is 14.2 Å². The largest absolute Gasteiger partial charge is 0.497 e. The number of allylic oxidation sites excluding steroid dienone is 3. The van der Waals surface area contributed by atoms with Gasteiger partial charge in [-0.05, 0) is 54.5 Å². The quantitative estimate of drug-likeness (QED) is 0.697. The Labute approximate surface area is 149 Å². The van der Waals surface area contributed by atoms with Gasteiger partial charge in [-0.15, -0.1) is 0 Å². The standard InChI is InChI=1S/C22H26O3/c1-21-9-10-22(24-11-12-25-22)14-16(21)4-6-19-18-7-5-17(23-2)13-15(18)3-8-20(19)21/h4-5,7,13H,3,6,8-12,14H2,1-2H3/t21-/m0/s1. The number of hydrogen-bond donors (Lipinski definition) is 0. The van der Waals surface area contributed by atoms with Gasteiger partial charge < -0.3 is 14.2 Å². The Morgan fingerprint density at radius 1 is 1.08 bits per heavy atom. The fourth-order valence-electron chi connectivity index (χ4n) is 5.40. The van der Waals surface area contributed by atoms with E-state index in [4.69, 9.17) is 14.2 Å². The highest BCUT2D eigenvalue weighted by molar-refractivity contribution is 5.78. The summed E-state index contributed by atoms with van der Waals surface area (Å²) in [6, 6.07) is 6.58. The third-order valence-corrected chi connectivity index (χ3v) is 6.85. The fourth-order valence-corrected chi connectivity index (χ4v) is 5.40. The molecule has 0 amide bonds. The van der Waals surface area contributed by atoms with Crippen LogP contribution in [0.15, 0.2) is 35.4 Å². The van der Waals surface area contributed by atoms with E-state index >= 15 is 0 Å². The highest BCUT2D eigenvalue weighted by Crippen LogP contribution is 2.58. The average Bonchev–Trinajstić information content (AvgIpc) is 3.10. The Morgan fingerprint density at radius 3 is 2.72 bits per heavy atom. The van der Waals surface area contributed by atoms with Crippen LogP contribution in [0.5, 0.6) is 5.75 Å². The van der Waals surface area contributed by atoms with Crippen LogP contribution in [0.4, 0.5) is 0 Å². The zero-order valence-corrected chi connectivity index (χ0v) is 15.2. The molecule has 3 nitrogen and oxygen atoms in total. The summed E-state index contributed by atoms with van der Waals surface area (Å²) in [6.07, 6.45) is 8.86. The van der Waals surface area contributed by atoms with Gasteiger partial charge in [-0.2, -0.15) is 0 Å². The van der Waals surface area contributed by atoms with E-state index in [0.29, 0.717) is 0 Å². The number of benzene rings is 1. The number of fused-ring (bicyclic) bond motifs is 4. The fraction of sp³-hybridized carbons (Fsp3) is 0.545. The molecule has 1 heterocycles. The van der Waals surface area contributed by atoms with E-state index in [-0.39, 0.29) is 11.2 Å². The molecule has 25 heavy (non-hydrogen) atoms. The van der Waals surface area contributed by atoms with E-state index < -0.39 is 0 Å². The number of ether oxygens (including phenoxy) is 3. The van der Waals surface area contributed by atoms with Crippen LogP contribution in [0.1, 0.15) is 50.2 Å². The van der Waals surface area contributed by atoms with Crippen LogP contribution >= 0.6 is 0 Å². The molecule has 1 atom stereocenters. The predicted octanol–water partition coefficient (Wildman–Crippen LogP) is 4.66. The summed E-state index contributed by atoms with van der Waals surface area (Å²) >= 11 is 0. The minimum atomic E-state index is -0.330. The van der Waals surface area contributed by atoms with Crippen molar-refractivity contribution in [3.05, 3.63) is 46.5 Å². The predicted molar refractivity (Wildman–Crippen MR) is 97.5 cm³/mol. The Balaban J connectivity index is 1.53. The maximum Gasteiger partial charge on any atom is 0.172 e. The summed E-state index contributed by atoms with van der Waals surface area (Å²) in [5.74, 6) is 0.639. The molecular weight excluding hydrogens is 312 g/mol. The molecule has 132 valence electrons. The maximum atomic E-state index is 6.00. The molecule has 1 saturated heterocycles. The van der Waals surface area contributed by atoms with Gasteiger partial charge >= 0.3 is 0 Å². The molecule has 0 unspecified atom stereocenters. The molecule has 1 aromatic rings. The van der Waals surface area contributed by atoms with Gasteiger partial charge in [0, 0.05) is 18.3 Å². The van der Waals surface area contributed by atoms with Crippen molar-refractivity contribution in [3.8, 4) is 5.75 Å². The van der Waals surface area contributed by atoms with Gasteiger partial charge in [0.1, 0.15) is 5.75 Å². The smallest absolute Gasteiger partial charge is 0.172 e. The molecule has 3 aliphatic carbocycles. The molecule has 1 saturated carbocycles. The molecular formula is C22H26O3. The van der Waals surface area contributed by atoms with Crippen LogP contribution in [0.2, 0.25) is 0 Å². The first-order chi connectivity index (χ1) is 12.1.